The third-order valence-electron chi connectivity index (χ3n) is 3.54. The Hall–Kier alpha value is -1.58. The quantitative estimate of drug-likeness (QED) is 0.831. The lowest BCUT2D eigenvalue weighted by Gasteiger charge is -2.42. The summed E-state index contributed by atoms with van der Waals surface area (Å²) < 4.78 is 13.5. The Morgan fingerprint density at radius 1 is 1.38 bits per heavy atom. The predicted octanol–water partition coefficient (Wildman–Crippen LogP) is 2.12. The first-order valence-electron chi connectivity index (χ1n) is 5.38. The number of hydrogen-bond donors (Lipinski definition) is 1. The van der Waals surface area contributed by atoms with Gasteiger partial charge in [0.1, 0.15) is 5.82 Å². The molecule has 1 aromatic rings. The molecule has 1 saturated carbocycles. The minimum absolute atomic E-state index is 0.146. The van der Waals surface area contributed by atoms with Crippen LogP contribution in [0.2, 0.25) is 0 Å². The van der Waals surface area contributed by atoms with E-state index in [2.05, 4.69) is 0 Å². The maximum Gasteiger partial charge on any atom is 0.335 e. The van der Waals surface area contributed by atoms with Crippen molar-refractivity contribution < 1.29 is 14.3 Å². The highest BCUT2D eigenvalue weighted by atomic mass is 19.1. The van der Waals surface area contributed by atoms with Crippen molar-refractivity contribution >= 4 is 11.7 Å². The van der Waals surface area contributed by atoms with Crippen LogP contribution in [0.1, 0.15) is 23.2 Å². The van der Waals surface area contributed by atoms with Crippen molar-refractivity contribution in [3.63, 3.8) is 0 Å². The fraction of sp³-hybridized carbons (Fsp3) is 0.417. The van der Waals surface area contributed by atoms with Crippen molar-refractivity contribution in [2.45, 2.75) is 12.8 Å². The first-order valence-corrected chi connectivity index (χ1v) is 5.38. The van der Waals surface area contributed by atoms with Gasteiger partial charge in [-0.2, -0.15) is 0 Å². The van der Waals surface area contributed by atoms with E-state index in [9.17, 15) is 9.18 Å². The highest BCUT2D eigenvalue weighted by molar-refractivity contribution is 5.89. The van der Waals surface area contributed by atoms with E-state index in [1.807, 2.05) is 4.90 Å². The number of halogens is 1. The highest BCUT2D eigenvalue weighted by Crippen LogP contribution is 2.54. The van der Waals surface area contributed by atoms with E-state index in [0.717, 1.165) is 13.1 Å². The maximum atomic E-state index is 13.5. The second kappa shape index (κ2) is 2.97. The summed E-state index contributed by atoms with van der Waals surface area (Å²) >= 11 is 0. The topological polar surface area (TPSA) is 40.5 Å². The maximum absolute atomic E-state index is 13.5. The lowest BCUT2D eigenvalue weighted by Crippen LogP contribution is -2.48. The van der Waals surface area contributed by atoms with Gasteiger partial charge in [0.25, 0.3) is 0 Å². The normalized spacial score (nSPS) is 20.7. The molecule has 1 N–H and O–H groups in total. The molecule has 84 valence electrons. The molecule has 0 aromatic heterocycles. The van der Waals surface area contributed by atoms with Gasteiger partial charge < -0.3 is 10.0 Å². The Morgan fingerprint density at radius 2 is 2.06 bits per heavy atom. The first-order chi connectivity index (χ1) is 7.60. The third-order valence-corrected chi connectivity index (χ3v) is 3.54. The van der Waals surface area contributed by atoms with Gasteiger partial charge in [0.2, 0.25) is 0 Å². The molecule has 1 aliphatic heterocycles. The van der Waals surface area contributed by atoms with E-state index in [4.69, 9.17) is 5.11 Å². The minimum Gasteiger partial charge on any atom is -0.478 e. The van der Waals surface area contributed by atoms with Gasteiger partial charge in [0, 0.05) is 18.5 Å². The zero-order valence-electron chi connectivity index (χ0n) is 8.74. The van der Waals surface area contributed by atoms with E-state index in [1.165, 1.54) is 31.0 Å². The molecule has 0 amide bonds. The molecular weight excluding hydrogens is 209 g/mol. The first kappa shape index (κ1) is 9.63. The Kier molecular flexibility index (Phi) is 1.79. The molecule has 3 nitrogen and oxygen atoms in total. The molecule has 16 heavy (non-hydrogen) atoms. The molecule has 3 rings (SSSR count). The van der Waals surface area contributed by atoms with Crippen LogP contribution >= 0.6 is 0 Å². The fourth-order valence-electron chi connectivity index (χ4n) is 2.31. The SMILES string of the molecule is O=C(O)c1ccc(F)c(N2CC3(CC3)C2)c1. The van der Waals surface area contributed by atoms with Crippen LogP contribution in [0.3, 0.4) is 0 Å². The van der Waals surface area contributed by atoms with Crippen molar-refractivity contribution in [3.8, 4) is 0 Å². The van der Waals surface area contributed by atoms with Crippen LogP contribution in [0, 0.1) is 11.2 Å². The number of nitrogens with zero attached hydrogens (tertiary/aromatic N) is 1. The summed E-state index contributed by atoms with van der Waals surface area (Å²) in [7, 11) is 0. The number of carboxylic acid groups (broad SMARTS) is 1. The Labute approximate surface area is 92.5 Å². The molecule has 1 heterocycles. The monoisotopic (exact) mass is 221 g/mol. The Bertz CT molecular complexity index is 460. The summed E-state index contributed by atoms with van der Waals surface area (Å²) in [6, 6.07) is 3.96. The number of benzene rings is 1. The van der Waals surface area contributed by atoms with Gasteiger partial charge in [-0.15, -0.1) is 0 Å². The summed E-state index contributed by atoms with van der Waals surface area (Å²) in [5.41, 5.74) is 1.01. The van der Waals surface area contributed by atoms with E-state index in [-0.39, 0.29) is 11.4 Å². The average Bonchev–Trinajstić information content (AvgIpc) is 2.96. The number of carbonyl (C=O) groups is 1. The minimum atomic E-state index is -1.01. The van der Waals surface area contributed by atoms with Gasteiger partial charge in [0.15, 0.2) is 0 Å². The second-order valence-corrected chi connectivity index (χ2v) is 4.83. The van der Waals surface area contributed by atoms with Gasteiger partial charge in [0.05, 0.1) is 11.3 Å². The molecular formula is C12H12FNO2. The van der Waals surface area contributed by atoms with Crippen molar-refractivity contribution in [1.29, 1.82) is 0 Å². The van der Waals surface area contributed by atoms with Crippen LogP contribution in [0.5, 0.6) is 0 Å². The van der Waals surface area contributed by atoms with E-state index >= 15 is 0 Å². The second-order valence-electron chi connectivity index (χ2n) is 4.83. The van der Waals surface area contributed by atoms with Crippen LogP contribution in [0.4, 0.5) is 10.1 Å². The van der Waals surface area contributed by atoms with Crippen LogP contribution < -0.4 is 4.90 Å². The molecule has 0 radical (unpaired) electrons. The van der Waals surface area contributed by atoms with Gasteiger partial charge in [-0.25, -0.2) is 9.18 Å². The van der Waals surface area contributed by atoms with Gasteiger partial charge in [-0.3, -0.25) is 0 Å². The lowest BCUT2D eigenvalue weighted by atomic mass is 9.95. The summed E-state index contributed by atoms with van der Waals surface area (Å²) in [6.45, 7) is 1.74. The number of anilines is 1. The highest BCUT2D eigenvalue weighted by Gasteiger charge is 2.52. The molecule has 0 bridgehead atoms. The van der Waals surface area contributed by atoms with E-state index < -0.39 is 5.97 Å². The molecule has 0 atom stereocenters. The van der Waals surface area contributed by atoms with Crippen molar-refractivity contribution in [2.75, 3.05) is 18.0 Å². The molecule has 2 fully saturated rings. The summed E-state index contributed by atoms with van der Waals surface area (Å²) in [4.78, 5) is 12.7. The van der Waals surface area contributed by atoms with Crippen LogP contribution in [0.15, 0.2) is 18.2 Å². The molecule has 1 aliphatic carbocycles. The molecule has 1 saturated heterocycles. The van der Waals surface area contributed by atoms with Gasteiger partial charge in [-0.05, 0) is 31.0 Å². The molecule has 2 aliphatic rings. The summed E-state index contributed by atoms with van der Waals surface area (Å²) in [5.74, 6) is -1.34. The predicted molar refractivity (Wildman–Crippen MR) is 57.2 cm³/mol. The number of rotatable bonds is 2. The largest absolute Gasteiger partial charge is 0.478 e. The molecule has 1 aromatic carbocycles. The van der Waals surface area contributed by atoms with Crippen LogP contribution in [0.25, 0.3) is 0 Å². The Morgan fingerprint density at radius 3 is 2.62 bits per heavy atom. The molecule has 0 unspecified atom stereocenters. The zero-order chi connectivity index (χ0) is 11.3. The van der Waals surface area contributed by atoms with Crippen molar-refractivity contribution in [1.82, 2.24) is 0 Å². The summed E-state index contributed by atoms with van der Waals surface area (Å²) in [5, 5.41) is 8.85. The van der Waals surface area contributed by atoms with E-state index in [0.29, 0.717) is 11.1 Å². The number of carboxylic acids is 1. The van der Waals surface area contributed by atoms with Crippen molar-refractivity contribution in [3.05, 3.63) is 29.6 Å². The fourth-order valence-corrected chi connectivity index (χ4v) is 2.31. The molecule has 4 heteroatoms. The third kappa shape index (κ3) is 1.37. The van der Waals surface area contributed by atoms with Gasteiger partial charge >= 0.3 is 5.97 Å². The standard InChI is InChI=1S/C12H12FNO2/c13-9-2-1-8(11(15)16)5-10(9)14-6-12(7-14)3-4-12/h1-2,5H,3-4,6-7H2,(H,15,16). The number of hydrogen-bond acceptors (Lipinski definition) is 2. The van der Waals surface area contributed by atoms with Crippen LogP contribution in [-0.4, -0.2) is 24.2 Å². The van der Waals surface area contributed by atoms with Crippen molar-refractivity contribution in [2.24, 2.45) is 5.41 Å². The van der Waals surface area contributed by atoms with E-state index in [1.54, 1.807) is 0 Å². The number of aromatic carboxylic acids is 1. The van der Waals surface area contributed by atoms with Gasteiger partial charge in [-0.1, -0.05) is 0 Å². The molecule has 1 spiro atoms. The average molecular weight is 221 g/mol. The smallest absolute Gasteiger partial charge is 0.335 e. The zero-order valence-corrected chi connectivity index (χ0v) is 8.74. The summed E-state index contributed by atoms with van der Waals surface area (Å²) in [6.07, 6.45) is 2.45. The lowest BCUT2D eigenvalue weighted by molar-refractivity contribution is 0.0697. The van der Waals surface area contributed by atoms with Crippen LogP contribution in [-0.2, 0) is 0 Å². The Balaban J connectivity index is 1.87.